The molecule has 1 fully saturated rings. The molecule has 0 radical (unpaired) electrons. The Morgan fingerprint density at radius 2 is 2.00 bits per heavy atom. The van der Waals surface area contributed by atoms with Crippen molar-refractivity contribution >= 4 is 11.8 Å². The number of aryl methyl sites for hydroxylation is 1. The van der Waals surface area contributed by atoms with E-state index < -0.39 is 0 Å². The quantitative estimate of drug-likeness (QED) is 0.588. The summed E-state index contributed by atoms with van der Waals surface area (Å²) in [6.07, 6.45) is 4.48. The predicted molar refractivity (Wildman–Crippen MR) is 117 cm³/mol. The lowest BCUT2D eigenvalue weighted by Crippen LogP contribution is -2.39. The summed E-state index contributed by atoms with van der Waals surface area (Å²) in [5.41, 5.74) is 0.853. The van der Waals surface area contributed by atoms with Crippen LogP contribution in [-0.4, -0.2) is 43.6 Å². The average Bonchev–Trinajstić information content (AvgIpc) is 3.49. The van der Waals surface area contributed by atoms with Gasteiger partial charge in [-0.2, -0.15) is 4.98 Å². The molecule has 3 aromatic rings. The number of nitrogens with one attached hydrogen (secondary N) is 2. The molecule has 0 saturated heterocycles. The fourth-order valence-electron chi connectivity index (χ4n) is 4.15. The van der Waals surface area contributed by atoms with Crippen LogP contribution in [0.1, 0.15) is 44.3 Å². The van der Waals surface area contributed by atoms with Crippen LogP contribution in [-0.2, 0) is 16.1 Å². The monoisotopic (exact) mass is 436 g/mol. The van der Waals surface area contributed by atoms with Crippen LogP contribution in [0.25, 0.3) is 11.4 Å². The minimum absolute atomic E-state index is 0.0185. The van der Waals surface area contributed by atoms with Crippen molar-refractivity contribution < 1.29 is 14.1 Å². The second-order valence-corrected chi connectivity index (χ2v) is 8.54. The molecule has 1 saturated carbocycles. The highest BCUT2D eigenvalue weighted by Gasteiger charge is 2.42. The van der Waals surface area contributed by atoms with Crippen molar-refractivity contribution in [3.05, 3.63) is 54.4 Å². The molecule has 3 atom stereocenters. The third-order valence-corrected chi connectivity index (χ3v) is 5.74. The summed E-state index contributed by atoms with van der Waals surface area (Å²) in [6.45, 7) is 5.88. The second kappa shape index (κ2) is 9.33. The van der Waals surface area contributed by atoms with Crippen LogP contribution in [0.3, 0.4) is 0 Å². The van der Waals surface area contributed by atoms with Crippen LogP contribution in [0.2, 0.25) is 0 Å². The van der Waals surface area contributed by atoms with Gasteiger partial charge in [-0.25, -0.2) is 4.98 Å². The standard InChI is InChI=1S/C23H28N6O3/c1-14(2)25-22(31)17-11-18(23-27-21(28-32-23)16-7-5-4-6-8-16)19(12-17)26-20(30)13-29-10-9-24-15(29)3/h4-10,14,17-19H,11-13H2,1-3H3,(H,25,31)(H,26,30)/t17-,18-,19+/m1/s1. The maximum Gasteiger partial charge on any atom is 0.240 e. The first kappa shape index (κ1) is 21.7. The lowest BCUT2D eigenvalue weighted by atomic mass is 10.0. The average molecular weight is 437 g/mol. The topological polar surface area (TPSA) is 115 Å². The van der Waals surface area contributed by atoms with Gasteiger partial charge in [-0.1, -0.05) is 35.5 Å². The van der Waals surface area contributed by atoms with Crippen molar-refractivity contribution in [2.24, 2.45) is 5.92 Å². The van der Waals surface area contributed by atoms with Crippen LogP contribution in [0.4, 0.5) is 0 Å². The molecule has 2 amide bonds. The maximum absolute atomic E-state index is 12.7. The van der Waals surface area contributed by atoms with Gasteiger partial charge in [0.25, 0.3) is 0 Å². The number of amides is 2. The number of imidazole rings is 1. The number of rotatable bonds is 7. The van der Waals surface area contributed by atoms with Crippen LogP contribution in [0, 0.1) is 12.8 Å². The molecule has 4 rings (SSSR count). The molecule has 2 aromatic heterocycles. The fraction of sp³-hybridized carbons (Fsp3) is 0.435. The number of carbonyl (C=O) groups is 2. The van der Waals surface area contributed by atoms with Crippen LogP contribution in [0.15, 0.2) is 47.2 Å². The predicted octanol–water partition coefficient (Wildman–Crippen LogP) is 2.44. The number of nitrogens with zero attached hydrogens (tertiary/aromatic N) is 4. The summed E-state index contributed by atoms with van der Waals surface area (Å²) in [6, 6.07) is 9.34. The molecule has 1 aromatic carbocycles. The summed E-state index contributed by atoms with van der Waals surface area (Å²) >= 11 is 0. The van der Waals surface area contributed by atoms with Gasteiger partial charge in [0.2, 0.25) is 23.5 Å². The normalized spacial score (nSPS) is 20.4. The number of hydrogen-bond acceptors (Lipinski definition) is 6. The van der Waals surface area contributed by atoms with Crippen LogP contribution in [0.5, 0.6) is 0 Å². The molecule has 32 heavy (non-hydrogen) atoms. The van der Waals surface area contributed by atoms with Gasteiger partial charge in [-0.15, -0.1) is 0 Å². The van der Waals surface area contributed by atoms with Gasteiger partial charge in [0.1, 0.15) is 12.4 Å². The molecular weight excluding hydrogens is 408 g/mol. The van der Waals surface area contributed by atoms with E-state index in [1.54, 1.807) is 17.0 Å². The van der Waals surface area contributed by atoms with E-state index in [-0.39, 0.29) is 42.3 Å². The first-order valence-corrected chi connectivity index (χ1v) is 10.9. The zero-order chi connectivity index (χ0) is 22.7. The van der Waals surface area contributed by atoms with Gasteiger partial charge in [-0.3, -0.25) is 9.59 Å². The summed E-state index contributed by atoms with van der Waals surface area (Å²) in [4.78, 5) is 34.2. The van der Waals surface area contributed by atoms with Crippen molar-refractivity contribution in [1.82, 2.24) is 30.3 Å². The minimum atomic E-state index is -0.279. The summed E-state index contributed by atoms with van der Waals surface area (Å²) < 4.78 is 7.37. The summed E-state index contributed by atoms with van der Waals surface area (Å²) in [7, 11) is 0. The highest BCUT2D eigenvalue weighted by Crippen LogP contribution is 2.39. The van der Waals surface area contributed by atoms with E-state index in [4.69, 9.17) is 4.52 Å². The first-order chi connectivity index (χ1) is 15.4. The van der Waals surface area contributed by atoms with E-state index in [1.165, 1.54) is 0 Å². The smallest absolute Gasteiger partial charge is 0.240 e. The van der Waals surface area contributed by atoms with Crippen LogP contribution < -0.4 is 10.6 Å². The maximum atomic E-state index is 12.7. The van der Waals surface area contributed by atoms with E-state index in [1.807, 2.05) is 51.1 Å². The Morgan fingerprint density at radius 1 is 1.22 bits per heavy atom. The van der Waals surface area contributed by atoms with Crippen molar-refractivity contribution in [3.8, 4) is 11.4 Å². The molecular formula is C23H28N6O3. The molecule has 1 aliphatic rings. The molecule has 1 aliphatic carbocycles. The van der Waals surface area contributed by atoms with E-state index >= 15 is 0 Å². The lowest BCUT2D eigenvalue weighted by molar-refractivity contribution is -0.126. The second-order valence-electron chi connectivity index (χ2n) is 8.54. The molecule has 0 spiro atoms. The van der Waals surface area contributed by atoms with E-state index in [0.717, 1.165) is 11.4 Å². The largest absolute Gasteiger partial charge is 0.354 e. The molecule has 2 heterocycles. The molecule has 168 valence electrons. The number of aromatic nitrogens is 4. The van der Waals surface area contributed by atoms with E-state index in [0.29, 0.717) is 24.6 Å². The number of hydrogen-bond donors (Lipinski definition) is 2. The first-order valence-electron chi connectivity index (χ1n) is 10.9. The van der Waals surface area contributed by atoms with Gasteiger partial charge in [0.15, 0.2) is 0 Å². The number of carbonyl (C=O) groups excluding carboxylic acids is 2. The van der Waals surface area contributed by atoms with E-state index in [9.17, 15) is 9.59 Å². The Hall–Kier alpha value is -3.49. The Kier molecular flexibility index (Phi) is 6.34. The van der Waals surface area contributed by atoms with Gasteiger partial charge < -0.3 is 19.7 Å². The Morgan fingerprint density at radius 3 is 2.69 bits per heavy atom. The number of benzene rings is 1. The van der Waals surface area contributed by atoms with Crippen LogP contribution >= 0.6 is 0 Å². The summed E-state index contributed by atoms with van der Waals surface area (Å²) in [5, 5.41) is 10.2. The third-order valence-electron chi connectivity index (χ3n) is 5.74. The Bertz CT molecular complexity index is 1070. The molecule has 9 heteroatoms. The Balaban J connectivity index is 1.53. The zero-order valence-corrected chi connectivity index (χ0v) is 18.5. The molecule has 2 N–H and O–H groups in total. The van der Waals surface area contributed by atoms with Gasteiger partial charge in [-0.05, 0) is 33.6 Å². The van der Waals surface area contributed by atoms with Crippen molar-refractivity contribution in [2.75, 3.05) is 0 Å². The highest BCUT2D eigenvalue weighted by atomic mass is 16.5. The lowest BCUT2D eigenvalue weighted by Gasteiger charge is -2.18. The van der Waals surface area contributed by atoms with Crippen molar-refractivity contribution in [3.63, 3.8) is 0 Å². The van der Waals surface area contributed by atoms with E-state index in [2.05, 4.69) is 25.8 Å². The van der Waals surface area contributed by atoms with Gasteiger partial charge in [0.05, 0.1) is 5.92 Å². The van der Waals surface area contributed by atoms with Gasteiger partial charge >= 0.3 is 0 Å². The van der Waals surface area contributed by atoms with Crippen molar-refractivity contribution in [1.29, 1.82) is 0 Å². The molecule has 0 bridgehead atoms. The Labute approximate surface area is 186 Å². The molecule has 0 aliphatic heterocycles. The fourth-order valence-corrected chi connectivity index (χ4v) is 4.15. The highest BCUT2D eigenvalue weighted by molar-refractivity contribution is 5.80. The zero-order valence-electron chi connectivity index (χ0n) is 18.5. The molecule has 0 unspecified atom stereocenters. The third kappa shape index (κ3) is 4.87. The minimum Gasteiger partial charge on any atom is -0.354 e. The SMILES string of the molecule is Cc1nccn1CC(=O)N[C@H]1C[C@H](C(=O)NC(C)C)C[C@H]1c1nc(-c2ccccc2)no1. The molecule has 9 nitrogen and oxygen atoms in total. The van der Waals surface area contributed by atoms with Gasteiger partial charge in [0, 0.05) is 36.0 Å². The van der Waals surface area contributed by atoms with Crippen molar-refractivity contribution in [2.45, 2.75) is 58.2 Å². The summed E-state index contributed by atoms with van der Waals surface area (Å²) in [5.74, 6) is 1.05.